The van der Waals surface area contributed by atoms with Crippen molar-refractivity contribution in [3.05, 3.63) is 82.4 Å². The Hall–Kier alpha value is -3.74. The summed E-state index contributed by atoms with van der Waals surface area (Å²) in [6, 6.07) is 18.5. The van der Waals surface area contributed by atoms with Crippen LogP contribution in [-0.4, -0.2) is 29.9 Å². The Balaban J connectivity index is 1.55. The van der Waals surface area contributed by atoms with E-state index in [0.717, 1.165) is 10.8 Å². The highest BCUT2D eigenvalue weighted by Gasteiger charge is 2.16. The topological polar surface area (TPSA) is 95.7 Å². The number of fused-ring (bicyclic) bond motifs is 1. The Morgan fingerprint density at radius 2 is 1.59 bits per heavy atom. The van der Waals surface area contributed by atoms with Crippen molar-refractivity contribution in [1.29, 1.82) is 0 Å². The van der Waals surface area contributed by atoms with E-state index in [0.29, 0.717) is 5.56 Å². The number of para-hydroxylation sites is 2. The Bertz CT molecular complexity index is 1010. The van der Waals surface area contributed by atoms with E-state index < -0.39 is 24.1 Å². The van der Waals surface area contributed by atoms with Crippen molar-refractivity contribution in [2.24, 2.45) is 0 Å². The van der Waals surface area contributed by atoms with Gasteiger partial charge in [-0.2, -0.15) is 0 Å². The second-order valence-electron chi connectivity index (χ2n) is 5.66. The van der Waals surface area contributed by atoms with E-state index >= 15 is 0 Å². The van der Waals surface area contributed by atoms with Crippen LogP contribution in [0.1, 0.15) is 10.4 Å². The van der Waals surface area contributed by atoms with Gasteiger partial charge in [0.1, 0.15) is 0 Å². The maximum atomic E-state index is 12.2. The van der Waals surface area contributed by atoms with E-state index in [1.807, 2.05) is 30.3 Å². The largest absolute Gasteiger partial charge is 0.475 e. The molecule has 3 aromatic rings. The number of nitro benzene ring substituents is 1. The first-order chi connectivity index (χ1) is 13.0. The zero-order chi connectivity index (χ0) is 19.2. The van der Waals surface area contributed by atoms with E-state index in [-0.39, 0.29) is 17.2 Å². The van der Waals surface area contributed by atoms with Crippen molar-refractivity contribution < 1.29 is 24.0 Å². The zero-order valence-electron chi connectivity index (χ0n) is 14.2. The molecule has 0 fully saturated rings. The predicted molar refractivity (Wildman–Crippen MR) is 97.8 cm³/mol. The lowest BCUT2D eigenvalue weighted by Gasteiger charge is -2.07. The van der Waals surface area contributed by atoms with E-state index in [1.54, 1.807) is 18.2 Å². The number of nitro groups is 1. The SMILES string of the molecule is O=C(COc1ccccc1[N+](=O)[O-])OCC(=O)c1ccc2ccccc2c1. The number of esters is 1. The summed E-state index contributed by atoms with van der Waals surface area (Å²) in [4.78, 5) is 34.3. The molecular formula is C20H15NO6. The first kappa shape index (κ1) is 18.1. The minimum absolute atomic E-state index is 0.0414. The second-order valence-corrected chi connectivity index (χ2v) is 5.66. The highest BCUT2D eigenvalue weighted by Crippen LogP contribution is 2.25. The van der Waals surface area contributed by atoms with Gasteiger partial charge in [0.05, 0.1) is 4.92 Å². The molecule has 0 aliphatic carbocycles. The highest BCUT2D eigenvalue weighted by molar-refractivity contribution is 6.01. The molecule has 0 aliphatic rings. The molecule has 0 aromatic heterocycles. The molecule has 27 heavy (non-hydrogen) atoms. The molecule has 136 valence electrons. The molecule has 0 aliphatic heterocycles. The fourth-order valence-corrected chi connectivity index (χ4v) is 2.50. The van der Waals surface area contributed by atoms with Crippen LogP contribution in [0.15, 0.2) is 66.7 Å². The third-order valence-electron chi connectivity index (χ3n) is 3.84. The van der Waals surface area contributed by atoms with Crippen molar-refractivity contribution in [3.63, 3.8) is 0 Å². The Morgan fingerprint density at radius 1 is 0.889 bits per heavy atom. The zero-order valence-corrected chi connectivity index (χ0v) is 14.2. The average molecular weight is 365 g/mol. The number of ether oxygens (including phenoxy) is 2. The average Bonchev–Trinajstić information content (AvgIpc) is 2.70. The molecular weight excluding hydrogens is 350 g/mol. The van der Waals surface area contributed by atoms with E-state index in [1.165, 1.54) is 18.2 Å². The van der Waals surface area contributed by atoms with Crippen LogP contribution in [0.2, 0.25) is 0 Å². The summed E-state index contributed by atoms with van der Waals surface area (Å²) in [6.45, 7) is -0.965. The lowest BCUT2D eigenvalue weighted by Crippen LogP contribution is -2.19. The molecule has 0 atom stereocenters. The van der Waals surface area contributed by atoms with Crippen LogP contribution >= 0.6 is 0 Å². The van der Waals surface area contributed by atoms with Crippen molar-refractivity contribution in [2.45, 2.75) is 0 Å². The molecule has 0 N–H and O–H groups in total. The van der Waals surface area contributed by atoms with Crippen LogP contribution < -0.4 is 4.74 Å². The van der Waals surface area contributed by atoms with Crippen molar-refractivity contribution in [1.82, 2.24) is 0 Å². The first-order valence-corrected chi connectivity index (χ1v) is 8.08. The van der Waals surface area contributed by atoms with Gasteiger partial charge >= 0.3 is 11.7 Å². The molecule has 0 spiro atoms. The Labute approximate surface area is 154 Å². The summed E-state index contributed by atoms with van der Waals surface area (Å²) in [5.41, 5.74) is 0.179. The number of Topliss-reactive ketones (excluding diaryl/α,β-unsaturated/α-hetero) is 1. The normalized spacial score (nSPS) is 10.4. The van der Waals surface area contributed by atoms with Crippen LogP contribution in [-0.2, 0) is 9.53 Å². The van der Waals surface area contributed by atoms with E-state index in [9.17, 15) is 19.7 Å². The van der Waals surface area contributed by atoms with E-state index in [2.05, 4.69) is 0 Å². The fraction of sp³-hybridized carbons (Fsp3) is 0.100. The number of benzene rings is 3. The monoisotopic (exact) mass is 365 g/mol. The van der Waals surface area contributed by atoms with Crippen LogP contribution in [0.5, 0.6) is 5.75 Å². The minimum Gasteiger partial charge on any atom is -0.475 e. The van der Waals surface area contributed by atoms with Gasteiger partial charge < -0.3 is 9.47 Å². The van der Waals surface area contributed by atoms with Gasteiger partial charge in [-0.1, -0.05) is 48.5 Å². The molecule has 0 radical (unpaired) electrons. The van der Waals surface area contributed by atoms with Gasteiger partial charge in [0.2, 0.25) is 0 Å². The van der Waals surface area contributed by atoms with Crippen LogP contribution in [0.25, 0.3) is 10.8 Å². The molecule has 3 rings (SSSR count). The number of rotatable bonds is 7. The number of nitrogens with zero attached hydrogens (tertiary/aromatic N) is 1. The summed E-state index contributed by atoms with van der Waals surface area (Å²) in [7, 11) is 0. The fourth-order valence-electron chi connectivity index (χ4n) is 2.50. The summed E-state index contributed by atoms with van der Waals surface area (Å²) in [6.07, 6.45) is 0. The van der Waals surface area contributed by atoms with Crippen LogP contribution in [0, 0.1) is 10.1 Å². The third-order valence-corrected chi connectivity index (χ3v) is 3.84. The second kappa shape index (κ2) is 8.09. The number of ketones is 1. The van der Waals surface area contributed by atoms with Crippen LogP contribution in [0.3, 0.4) is 0 Å². The molecule has 0 saturated heterocycles. The smallest absolute Gasteiger partial charge is 0.344 e. The lowest BCUT2D eigenvalue weighted by atomic mass is 10.0. The van der Waals surface area contributed by atoms with Gasteiger partial charge in [-0.15, -0.1) is 0 Å². The van der Waals surface area contributed by atoms with Crippen LogP contribution in [0.4, 0.5) is 5.69 Å². The van der Waals surface area contributed by atoms with Gasteiger partial charge in [-0.05, 0) is 22.9 Å². The van der Waals surface area contributed by atoms with Crippen molar-refractivity contribution >= 4 is 28.2 Å². The van der Waals surface area contributed by atoms with Gasteiger partial charge in [-0.3, -0.25) is 14.9 Å². The number of hydrogen-bond acceptors (Lipinski definition) is 6. The predicted octanol–water partition coefficient (Wildman–Crippen LogP) is 3.55. The molecule has 0 amide bonds. The Kier molecular flexibility index (Phi) is 5.41. The number of carbonyl (C=O) groups is 2. The number of hydrogen-bond donors (Lipinski definition) is 0. The molecule has 7 nitrogen and oxygen atoms in total. The van der Waals surface area contributed by atoms with Gasteiger partial charge in [0, 0.05) is 11.6 Å². The summed E-state index contributed by atoms with van der Waals surface area (Å²) in [5, 5.41) is 12.8. The molecule has 0 saturated carbocycles. The highest BCUT2D eigenvalue weighted by atomic mass is 16.6. The summed E-state index contributed by atoms with van der Waals surface area (Å²) >= 11 is 0. The Morgan fingerprint density at radius 3 is 2.37 bits per heavy atom. The first-order valence-electron chi connectivity index (χ1n) is 8.08. The van der Waals surface area contributed by atoms with Gasteiger partial charge in [-0.25, -0.2) is 4.79 Å². The molecule has 0 bridgehead atoms. The minimum atomic E-state index is -0.790. The lowest BCUT2D eigenvalue weighted by molar-refractivity contribution is -0.385. The number of carbonyl (C=O) groups excluding carboxylic acids is 2. The maximum Gasteiger partial charge on any atom is 0.344 e. The summed E-state index contributed by atoms with van der Waals surface area (Å²) in [5.74, 6) is -1.18. The van der Waals surface area contributed by atoms with Gasteiger partial charge in [0.25, 0.3) is 0 Å². The quantitative estimate of drug-likeness (QED) is 0.275. The molecule has 3 aromatic carbocycles. The van der Waals surface area contributed by atoms with Crippen molar-refractivity contribution in [3.8, 4) is 5.75 Å². The van der Waals surface area contributed by atoms with Gasteiger partial charge in [0.15, 0.2) is 24.7 Å². The van der Waals surface area contributed by atoms with E-state index in [4.69, 9.17) is 9.47 Å². The van der Waals surface area contributed by atoms with Crippen molar-refractivity contribution in [2.75, 3.05) is 13.2 Å². The maximum absolute atomic E-state index is 12.2. The summed E-state index contributed by atoms with van der Waals surface area (Å²) < 4.78 is 10.0. The third kappa shape index (κ3) is 4.46. The molecule has 0 unspecified atom stereocenters. The standard InChI is InChI=1S/C20H15NO6/c22-18(16-10-9-14-5-1-2-6-15(14)11-16)12-27-20(23)13-26-19-8-4-3-7-17(19)21(24)25/h1-11H,12-13H2. The molecule has 0 heterocycles. The molecule has 7 heteroatoms.